The van der Waals surface area contributed by atoms with Crippen LogP contribution >= 0.6 is 0 Å². The summed E-state index contributed by atoms with van der Waals surface area (Å²) in [4.78, 5) is 21.7. The molecular weight excluding hydrogens is 422 g/mol. The summed E-state index contributed by atoms with van der Waals surface area (Å²) in [6, 6.07) is 10.7. The van der Waals surface area contributed by atoms with Crippen LogP contribution in [0.2, 0.25) is 0 Å². The van der Waals surface area contributed by atoms with E-state index in [-0.39, 0.29) is 59.1 Å². The molecule has 0 spiro atoms. The largest absolute Gasteiger partial charge is 1.00 e. The van der Waals surface area contributed by atoms with Gasteiger partial charge in [0.2, 0.25) is 0 Å². The van der Waals surface area contributed by atoms with Crippen LogP contribution in [-0.2, 0) is 9.59 Å². The molecule has 1 aromatic rings. The van der Waals surface area contributed by atoms with Crippen LogP contribution in [0.4, 0.5) is 0 Å². The number of carboxylic acids is 2. The van der Waals surface area contributed by atoms with Crippen molar-refractivity contribution in [3.05, 3.63) is 35.9 Å². The Morgan fingerprint density at radius 3 is 1.69 bits per heavy atom. The van der Waals surface area contributed by atoms with E-state index >= 15 is 0 Å². The molecule has 32 heavy (non-hydrogen) atoms. The second-order valence-electron chi connectivity index (χ2n) is 8.60. The molecule has 2 unspecified atom stereocenters. The summed E-state index contributed by atoms with van der Waals surface area (Å²) in [5, 5.41) is 21.7. The molecular formula is C26H40Na2O4. The zero-order chi connectivity index (χ0) is 22.0. The van der Waals surface area contributed by atoms with E-state index < -0.39 is 24.3 Å². The van der Waals surface area contributed by atoms with E-state index in [4.69, 9.17) is 0 Å². The van der Waals surface area contributed by atoms with Gasteiger partial charge in [-0.3, -0.25) is 0 Å². The van der Waals surface area contributed by atoms with Crippen LogP contribution in [0.3, 0.4) is 0 Å². The van der Waals surface area contributed by atoms with Crippen molar-refractivity contribution in [2.24, 2.45) is 5.92 Å². The second-order valence-corrected chi connectivity index (χ2v) is 8.60. The van der Waals surface area contributed by atoms with Gasteiger partial charge in [0.25, 0.3) is 0 Å². The smallest absolute Gasteiger partial charge is 0.550 e. The van der Waals surface area contributed by atoms with Gasteiger partial charge >= 0.3 is 59.1 Å². The van der Waals surface area contributed by atoms with Crippen LogP contribution in [0.15, 0.2) is 30.3 Å². The molecule has 1 rings (SSSR count). The number of unbranched alkanes of at least 4 members (excludes halogenated alkanes) is 9. The number of hydrogen-bond acceptors (Lipinski definition) is 4. The van der Waals surface area contributed by atoms with Crippen LogP contribution in [0.1, 0.15) is 115 Å². The summed E-state index contributed by atoms with van der Waals surface area (Å²) in [5.41, 5.74) is 1.39. The van der Waals surface area contributed by atoms with Gasteiger partial charge in [0.05, 0.1) is 0 Å². The minimum Gasteiger partial charge on any atom is -0.550 e. The summed E-state index contributed by atoms with van der Waals surface area (Å²) in [7, 11) is 0. The third-order valence-corrected chi connectivity index (χ3v) is 6.03. The van der Waals surface area contributed by atoms with Crippen LogP contribution in [-0.4, -0.2) is 11.9 Å². The third-order valence-electron chi connectivity index (χ3n) is 6.03. The van der Waals surface area contributed by atoms with E-state index in [9.17, 15) is 19.8 Å². The molecule has 4 nitrogen and oxygen atoms in total. The van der Waals surface area contributed by atoms with Crippen molar-refractivity contribution < 1.29 is 78.9 Å². The van der Waals surface area contributed by atoms with Gasteiger partial charge < -0.3 is 19.8 Å². The van der Waals surface area contributed by atoms with Gasteiger partial charge in [0.1, 0.15) is 0 Å². The molecule has 0 saturated heterocycles. The Balaban J connectivity index is 0. The summed E-state index contributed by atoms with van der Waals surface area (Å²) in [6.07, 6.45) is 15.5. The number of carbonyl (C=O) groups is 2. The summed E-state index contributed by atoms with van der Waals surface area (Å²) < 4.78 is 0. The maximum atomic E-state index is 11.0. The fourth-order valence-electron chi connectivity index (χ4n) is 4.19. The predicted molar refractivity (Wildman–Crippen MR) is 118 cm³/mol. The van der Waals surface area contributed by atoms with E-state index in [2.05, 4.69) is 31.2 Å². The predicted octanol–water partition coefficient (Wildman–Crippen LogP) is -1.23. The molecule has 0 aliphatic heterocycles. The average Bonchev–Trinajstić information content (AvgIpc) is 2.73. The Morgan fingerprint density at radius 1 is 0.719 bits per heavy atom. The minimum atomic E-state index is -1.32. The van der Waals surface area contributed by atoms with Crippen molar-refractivity contribution in [3.8, 4) is 0 Å². The van der Waals surface area contributed by atoms with Gasteiger partial charge in [-0.25, -0.2) is 0 Å². The molecule has 0 saturated carbocycles. The van der Waals surface area contributed by atoms with E-state index in [0.717, 1.165) is 19.3 Å². The Hall–Kier alpha value is 0.160. The first-order chi connectivity index (χ1) is 14.5. The molecule has 0 radical (unpaired) electrons. The number of aliphatic carboxylic acids is 2. The van der Waals surface area contributed by atoms with Gasteiger partial charge in [-0.15, -0.1) is 0 Å². The van der Waals surface area contributed by atoms with Crippen LogP contribution in [0.5, 0.6) is 0 Å². The van der Waals surface area contributed by atoms with Crippen molar-refractivity contribution in [2.75, 3.05) is 0 Å². The van der Waals surface area contributed by atoms with Gasteiger partial charge in [-0.2, -0.15) is 0 Å². The minimum absolute atomic E-state index is 0. The first-order valence-corrected chi connectivity index (χ1v) is 12.0. The summed E-state index contributed by atoms with van der Waals surface area (Å²) in [6.45, 7) is 2.25. The first-order valence-electron chi connectivity index (χ1n) is 12.0. The molecule has 0 bridgehead atoms. The monoisotopic (exact) mass is 462 g/mol. The van der Waals surface area contributed by atoms with Crippen molar-refractivity contribution in [3.63, 3.8) is 0 Å². The molecule has 0 fully saturated rings. The van der Waals surface area contributed by atoms with Gasteiger partial charge in [-0.05, 0) is 37.2 Å². The zero-order valence-electron chi connectivity index (χ0n) is 20.8. The maximum absolute atomic E-state index is 11.0. The molecule has 170 valence electrons. The zero-order valence-corrected chi connectivity index (χ0v) is 24.8. The molecule has 2 atom stereocenters. The maximum Gasteiger partial charge on any atom is 1.00 e. The third kappa shape index (κ3) is 17.6. The standard InChI is InChI=1S/C26H42O4.2Na/c1-2-3-4-5-6-7-8-11-16-22(23-17-12-9-13-18-23)19-14-10-15-20-24(26(29)30)21-25(27)28;;/h9,12-13,17-18,22,24H,2-8,10-11,14-16,19-21H2,1H3,(H,27,28)(H,29,30);;/q;2*+1/p-2. The molecule has 1 aromatic carbocycles. The fraction of sp³-hybridized carbons (Fsp3) is 0.692. The Kier molecular flexibility index (Phi) is 24.6. The first kappa shape index (κ1) is 34.3. The number of rotatable bonds is 19. The number of benzene rings is 1. The number of carbonyl (C=O) groups excluding carboxylic acids is 2. The number of hydrogen-bond donors (Lipinski definition) is 0. The van der Waals surface area contributed by atoms with Crippen LogP contribution < -0.4 is 69.3 Å². The van der Waals surface area contributed by atoms with Crippen LogP contribution in [0.25, 0.3) is 0 Å². The van der Waals surface area contributed by atoms with Crippen molar-refractivity contribution in [1.82, 2.24) is 0 Å². The Morgan fingerprint density at radius 2 is 1.19 bits per heavy atom. The quantitative estimate of drug-likeness (QED) is 0.190. The molecule has 0 aromatic heterocycles. The van der Waals surface area contributed by atoms with E-state index in [0.29, 0.717) is 18.8 Å². The molecule has 0 aliphatic rings. The van der Waals surface area contributed by atoms with Gasteiger partial charge in [-0.1, -0.05) is 108 Å². The Labute approximate surface area is 239 Å². The molecule has 0 aliphatic carbocycles. The van der Waals surface area contributed by atoms with Crippen molar-refractivity contribution in [1.29, 1.82) is 0 Å². The molecule has 0 heterocycles. The number of carboxylic acid groups (broad SMARTS) is 2. The van der Waals surface area contributed by atoms with Gasteiger partial charge in [0.15, 0.2) is 0 Å². The van der Waals surface area contributed by atoms with E-state index in [1.165, 1.54) is 63.4 Å². The van der Waals surface area contributed by atoms with Gasteiger partial charge in [0, 0.05) is 17.9 Å². The normalized spacial score (nSPS) is 12.3. The van der Waals surface area contributed by atoms with E-state index in [1.54, 1.807) is 0 Å². The van der Waals surface area contributed by atoms with E-state index in [1.807, 2.05) is 6.07 Å². The SMILES string of the molecule is CCCCCCCCCCC(CCCCCC(CC(=O)[O-])C(=O)[O-])c1ccccc1.[Na+].[Na+]. The second kappa shape index (κ2) is 22.9. The Bertz CT molecular complexity index is 580. The van der Waals surface area contributed by atoms with Crippen molar-refractivity contribution in [2.45, 2.75) is 109 Å². The topological polar surface area (TPSA) is 80.3 Å². The van der Waals surface area contributed by atoms with Crippen molar-refractivity contribution >= 4 is 11.9 Å². The molecule has 0 N–H and O–H groups in total. The molecule has 0 amide bonds. The fourth-order valence-corrected chi connectivity index (χ4v) is 4.19. The average molecular weight is 463 g/mol. The van der Waals surface area contributed by atoms with Crippen LogP contribution in [0, 0.1) is 5.92 Å². The summed E-state index contributed by atoms with van der Waals surface area (Å²) >= 11 is 0. The molecule has 6 heteroatoms. The summed E-state index contributed by atoms with van der Waals surface area (Å²) in [5.74, 6) is -2.99.